The summed E-state index contributed by atoms with van der Waals surface area (Å²) < 4.78 is 9.49. The van der Waals surface area contributed by atoms with Gasteiger partial charge in [0.15, 0.2) is 5.69 Å². The van der Waals surface area contributed by atoms with Gasteiger partial charge in [-0.3, -0.25) is 4.79 Å². The molecule has 0 N–H and O–H groups in total. The summed E-state index contributed by atoms with van der Waals surface area (Å²) in [6.07, 6.45) is 0.629. The van der Waals surface area contributed by atoms with E-state index in [-0.39, 0.29) is 12.1 Å². The lowest BCUT2D eigenvalue weighted by Crippen LogP contribution is -2.15. The van der Waals surface area contributed by atoms with Crippen molar-refractivity contribution in [1.82, 2.24) is 4.98 Å². The normalized spacial score (nSPS) is 10.2. The van der Waals surface area contributed by atoms with E-state index in [0.29, 0.717) is 12.0 Å². The molecule has 0 aliphatic rings. The van der Waals surface area contributed by atoms with Crippen LogP contribution in [0.3, 0.4) is 0 Å². The molecule has 0 radical (unpaired) electrons. The summed E-state index contributed by atoms with van der Waals surface area (Å²) in [5.74, 6) is -0.988. The largest absolute Gasteiger partial charge is 0.469 e. The Morgan fingerprint density at radius 1 is 1.09 bits per heavy atom. The number of nitrogens with zero attached hydrogens (tertiary/aromatic N) is 1. The number of carbonyl (C=O) groups excluding carboxylic acids is 2. The van der Waals surface area contributed by atoms with Crippen molar-refractivity contribution in [3.8, 4) is 11.1 Å². The molecule has 0 aliphatic heterocycles. The highest BCUT2D eigenvalue weighted by Crippen LogP contribution is 2.26. The number of carbonyl (C=O) groups is 2. The third-order valence-corrected chi connectivity index (χ3v) is 3.54. The van der Waals surface area contributed by atoms with Crippen LogP contribution in [0, 0.1) is 0 Å². The standard InChI is InChI=1S/C18H19NO4/c1-4-15-14(12-8-6-5-7-9-12)10-13(11-16(20)22-2)17(19-15)18(21)23-3/h5-10H,4,11H2,1-3H3. The second-order valence-corrected chi connectivity index (χ2v) is 4.95. The van der Waals surface area contributed by atoms with Gasteiger partial charge in [-0.05, 0) is 23.6 Å². The van der Waals surface area contributed by atoms with Crippen LogP contribution >= 0.6 is 0 Å². The zero-order chi connectivity index (χ0) is 16.8. The Morgan fingerprint density at radius 2 is 1.78 bits per heavy atom. The van der Waals surface area contributed by atoms with Gasteiger partial charge in [-0.15, -0.1) is 0 Å². The van der Waals surface area contributed by atoms with E-state index >= 15 is 0 Å². The third-order valence-electron chi connectivity index (χ3n) is 3.54. The Hall–Kier alpha value is -2.69. The Morgan fingerprint density at radius 3 is 2.35 bits per heavy atom. The highest BCUT2D eigenvalue weighted by molar-refractivity contribution is 5.91. The minimum Gasteiger partial charge on any atom is -0.469 e. The maximum atomic E-state index is 12.0. The first kappa shape index (κ1) is 16.7. The van der Waals surface area contributed by atoms with Crippen LogP contribution < -0.4 is 0 Å². The second kappa shape index (κ2) is 7.54. The lowest BCUT2D eigenvalue weighted by Gasteiger charge is -2.13. The molecule has 0 spiro atoms. The number of hydrogen-bond donors (Lipinski definition) is 0. The van der Waals surface area contributed by atoms with Gasteiger partial charge in [0.25, 0.3) is 0 Å². The van der Waals surface area contributed by atoms with Crippen LogP contribution in [-0.4, -0.2) is 31.1 Å². The molecule has 120 valence electrons. The Bertz CT molecular complexity index is 710. The number of ether oxygens (including phenoxy) is 2. The molecule has 2 aromatic rings. The summed E-state index contributed by atoms with van der Waals surface area (Å²) in [4.78, 5) is 28.1. The fourth-order valence-electron chi connectivity index (χ4n) is 2.37. The van der Waals surface area contributed by atoms with Gasteiger partial charge >= 0.3 is 11.9 Å². The summed E-state index contributed by atoms with van der Waals surface area (Å²) in [6.45, 7) is 1.97. The topological polar surface area (TPSA) is 65.5 Å². The third kappa shape index (κ3) is 3.74. The molecule has 0 atom stereocenters. The second-order valence-electron chi connectivity index (χ2n) is 4.95. The maximum absolute atomic E-state index is 12.0. The minimum atomic E-state index is -0.557. The van der Waals surface area contributed by atoms with E-state index < -0.39 is 11.9 Å². The highest BCUT2D eigenvalue weighted by atomic mass is 16.5. The summed E-state index contributed by atoms with van der Waals surface area (Å²) in [7, 11) is 2.61. The van der Waals surface area contributed by atoms with Crippen LogP contribution in [0.4, 0.5) is 0 Å². The van der Waals surface area contributed by atoms with Crippen molar-refractivity contribution in [2.24, 2.45) is 0 Å². The number of hydrogen-bond acceptors (Lipinski definition) is 5. The van der Waals surface area contributed by atoms with Gasteiger partial charge in [-0.1, -0.05) is 37.3 Å². The van der Waals surface area contributed by atoms with Gasteiger partial charge in [-0.2, -0.15) is 0 Å². The zero-order valence-electron chi connectivity index (χ0n) is 13.5. The van der Waals surface area contributed by atoms with Gasteiger partial charge in [-0.25, -0.2) is 9.78 Å². The SMILES string of the molecule is CCc1nc(C(=O)OC)c(CC(=O)OC)cc1-c1ccccc1. The van der Waals surface area contributed by atoms with E-state index in [4.69, 9.17) is 9.47 Å². The van der Waals surface area contributed by atoms with Gasteiger partial charge in [0.2, 0.25) is 0 Å². The van der Waals surface area contributed by atoms with Crippen LogP contribution in [-0.2, 0) is 27.1 Å². The molecule has 0 saturated carbocycles. The molecule has 0 bridgehead atoms. The Labute approximate surface area is 135 Å². The van der Waals surface area contributed by atoms with Crippen molar-refractivity contribution < 1.29 is 19.1 Å². The smallest absolute Gasteiger partial charge is 0.356 e. The number of benzene rings is 1. The molecular weight excluding hydrogens is 294 g/mol. The van der Waals surface area contributed by atoms with E-state index in [1.807, 2.05) is 43.3 Å². The van der Waals surface area contributed by atoms with Crippen LogP contribution in [0.5, 0.6) is 0 Å². The first-order valence-corrected chi connectivity index (χ1v) is 7.34. The first-order chi connectivity index (χ1) is 11.1. The summed E-state index contributed by atoms with van der Waals surface area (Å²) >= 11 is 0. The van der Waals surface area contributed by atoms with Crippen LogP contribution in [0.25, 0.3) is 11.1 Å². The van der Waals surface area contributed by atoms with Crippen molar-refractivity contribution >= 4 is 11.9 Å². The molecule has 0 unspecified atom stereocenters. The summed E-state index contributed by atoms with van der Waals surface area (Å²) in [6, 6.07) is 11.6. The molecule has 5 nitrogen and oxygen atoms in total. The lowest BCUT2D eigenvalue weighted by molar-refractivity contribution is -0.139. The number of aryl methyl sites for hydroxylation is 1. The Kier molecular flexibility index (Phi) is 5.46. The van der Waals surface area contributed by atoms with Crippen molar-refractivity contribution in [1.29, 1.82) is 0 Å². The monoisotopic (exact) mass is 313 g/mol. The van der Waals surface area contributed by atoms with E-state index in [2.05, 4.69) is 4.98 Å². The predicted molar refractivity (Wildman–Crippen MR) is 86.1 cm³/mol. The van der Waals surface area contributed by atoms with Crippen LogP contribution in [0.2, 0.25) is 0 Å². The van der Waals surface area contributed by atoms with Gasteiger partial charge < -0.3 is 9.47 Å². The molecule has 1 aromatic carbocycles. The highest BCUT2D eigenvalue weighted by Gasteiger charge is 2.20. The number of methoxy groups -OCH3 is 2. The van der Waals surface area contributed by atoms with Gasteiger partial charge in [0, 0.05) is 11.3 Å². The molecule has 1 aromatic heterocycles. The molecule has 0 aliphatic carbocycles. The number of esters is 2. The maximum Gasteiger partial charge on any atom is 0.356 e. The quantitative estimate of drug-likeness (QED) is 0.794. The number of aromatic nitrogens is 1. The predicted octanol–water partition coefficient (Wildman–Crippen LogP) is 2.81. The molecule has 1 heterocycles. The first-order valence-electron chi connectivity index (χ1n) is 7.34. The summed E-state index contributed by atoms with van der Waals surface area (Å²) in [5.41, 5.74) is 3.33. The van der Waals surface area contributed by atoms with Crippen molar-refractivity contribution in [3.63, 3.8) is 0 Å². The van der Waals surface area contributed by atoms with E-state index in [9.17, 15) is 9.59 Å². The number of pyridine rings is 1. The minimum absolute atomic E-state index is 0.0300. The fourth-order valence-corrected chi connectivity index (χ4v) is 2.37. The van der Waals surface area contributed by atoms with Gasteiger partial charge in [0.05, 0.1) is 20.6 Å². The average Bonchev–Trinajstić information content (AvgIpc) is 2.61. The molecule has 5 heteroatoms. The average molecular weight is 313 g/mol. The molecule has 0 saturated heterocycles. The van der Waals surface area contributed by atoms with Crippen molar-refractivity contribution in [2.75, 3.05) is 14.2 Å². The molecule has 23 heavy (non-hydrogen) atoms. The van der Waals surface area contributed by atoms with E-state index in [1.54, 1.807) is 0 Å². The van der Waals surface area contributed by atoms with Crippen molar-refractivity contribution in [3.05, 3.63) is 53.3 Å². The van der Waals surface area contributed by atoms with Crippen LogP contribution in [0.15, 0.2) is 36.4 Å². The van der Waals surface area contributed by atoms with Crippen molar-refractivity contribution in [2.45, 2.75) is 19.8 Å². The van der Waals surface area contributed by atoms with Crippen LogP contribution in [0.1, 0.15) is 28.7 Å². The summed E-state index contributed by atoms with van der Waals surface area (Å²) in [5, 5.41) is 0. The molecule has 0 fully saturated rings. The Balaban J connectivity index is 2.61. The molecular formula is C18H19NO4. The van der Waals surface area contributed by atoms with E-state index in [1.165, 1.54) is 14.2 Å². The fraction of sp³-hybridized carbons (Fsp3) is 0.278. The zero-order valence-corrected chi connectivity index (χ0v) is 13.5. The van der Waals surface area contributed by atoms with E-state index in [0.717, 1.165) is 16.8 Å². The number of rotatable bonds is 5. The molecule has 0 amide bonds. The van der Waals surface area contributed by atoms with Gasteiger partial charge in [0.1, 0.15) is 0 Å². The lowest BCUT2D eigenvalue weighted by atomic mass is 9.98. The molecule has 2 rings (SSSR count).